The Labute approximate surface area is 336 Å². The summed E-state index contributed by atoms with van der Waals surface area (Å²) in [6.45, 7) is 13.6. The van der Waals surface area contributed by atoms with E-state index in [0.717, 1.165) is 57.4 Å². The summed E-state index contributed by atoms with van der Waals surface area (Å²) in [7, 11) is 0. The molecule has 0 saturated heterocycles. The second-order valence-corrected chi connectivity index (χ2v) is 15.2. The van der Waals surface area contributed by atoms with Gasteiger partial charge in [-0.05, 0) is 31.4 Å². The van der Waals surface area contributed by atoms with Gasteiger partial charge in [-0.15, -0.1) is 0 Å². The van der Waals surface area contributed by atoms with E-state index >= 15 is 0 Å². The highest BCUT2D eigenvalue weighted by molar-refractivity contribution is 5.93. The van der Waals surface area contributed by atoms with Crippen LogP contribution in [0.1, 0.15) is 194 Å². The second-order valence-electron chi connectivity index (χ2n) is 15.2. The molecule has 0 rings (SSSR count). The van der Waals surface area contributed by atoms with E-state index in [-0.39, 0.29) is 44.6 Å². The molecule has 0 radical (unpaired) electrons. The number of aliphatic hydroxyl groups is 1. The van der Waals surface area contributed by atoms with Crippen LogP contribution in [0.2, 0.25) is 0 Å². The van der Waals surface area contributed by atoms with Crippen LogP contribution >= 0.6 is 0 Å². The van der Waals surface area contributed by atoms with Crippen LogP contribution in [0.15, 0.2) is 25.3 Å². The van der Waals surface area contributed by atoms with Crippen molar-refractivity contribution in [2.75, 3.05) is 26.4 Å². The van der Waals surface area contributed by atoms with Crippen molar-refractivity contribution < 1.29 is 43.2 Å². The number of esters is 2. The highest BCUT2D eigenvalue weighted by atomic mass is 16.6. The Morgan fingerprint density at radius 1 is 0.491 bits per heavy atom. The van der Waals surface area contributed by atoms with E-state index < -0.39 is 36.0 Å². The van der Waals surface area contributed by atoms with Gasteiger partial charge in [0.1, 0.15) is 6.10 Å². The van der Waals surface area contributed by atoms with Gasteiger partial charge in [0.05, 0.1) is 32.3 Å². The van der Waals surface area contributed by atoms with Gasteiger partial charge in [-0.1, -0.05) is 175 Å². The normalized spacial score (nSPS) is 13.5. The quantitative estimate of drug-likeness (QED) is 0.0366. The number of aliphatic hydroxyl groups excluding tert-OH is 1. The molecule has 1 N–H and O–H groups in total. The predicted molar refractivity (Wildman–Crippen MR) is 223 cm³/mol. The first-order valence-electron chi connectivity index (χ1n) is 22.3. The Kier molecular flexibility index (Phi) is 36.9. The Morgan fingerprint density at radius 3 is 1.22 bits per heavy atom. The van der Waals surface area contributed by atoms with E-state index in [1.54, 1.807) is 0 Å². The molecule has 9 heteroatoms. The molecule has 4 atom stereocenters. The van der Waals surface area contributed by atoms with Crippen molar-refractivity contribution in [1.82, 2.24) is 0 Å². The molecule has 9 nitrogen and oxygen atoms in total. The second kappa shape index (κ2) is 38.5. The molecule has 0 amide bonds. The molecule has 0 aromatic rings. The summed E-state index contributed by atoms with van der Waals surface area (Å²) in [4.78, 5) is 50.5. The predicted octanol–water partition coefficient (Wildman–Crippen LogP) is 10.9. The van der Waals surface area contributed by atoms with Gasteiger partial charge < -0.3 is 24.1 Å². The maximum Gasteiger partial charge on any atom is 0.306 e. The smallest absolute Gasteiger partial charge is 0.306 e. The maximum atomic E-state index is 12.9. The number of hydrogen-bond donors (Lipinski definition) is 1. The van der Waals surface area contributed by atoms with Crippen LogP contribution < -0.4 is 0 Å². The third-order valence-electron chi connectivity index (χ3n) is 10.2. The van der Waals surface area contributed by atoms with Gasteiger partial charge in [-0.2, -0.15) is 0 Å². The van der Waals surface area contributed by atoms with Gasteiger partial charge in [-0.25, -0.2) is 0 Å². The molecule has 0 aliphatic carbocycles. The molecule has 0 saturated carbocycles. The Morgan fingerprint density at radius 2 is 0.836 bits per heavy atom. The van der Waals surface area contributed by atoms with E-state index in [2.05, 4.69) is 27.0 Å². The monoisotopic (exact) mass is 779 g/mol. The molecule has 0 aromatic heterocycles. The first kappa shape index (κ1) is 52.6. The van der Waals surface area contributed by atoms with Crippen molar-refractivity contribution in [3.05, 3.63) is 25.3 Å². The van der Waals surface area contributed by atoms with Gasteiger partial charge in [-0.3, -0.25) is 19.2 Å². The average Bonchev–Trinajstić information content (AvgIpc) is 3.18. The van der Waals surface area contributed by atoms with Gasteiger partial charge >= 0.3 is 11.9 Å². The summed E-state index contributed by atoms with van der Waals surface area (Å²) >= 11 is 0. The van der Waals surface area contributed by atoms with Gasteiger partial charge in [0.15, 0.2) is 23.8 Å². The van der Waals surface area contributed by atoms with Gasteiger partial charge in [0.25, 0.3) is 0 Å². The number of rotatable bonds is 42. The lowest BCUT2D eigenvalue weighted by molar-refractivity contribution is -0.164. The Hall–Kier alpha value is -2.36. The summed E-state index contributed by atoms with van der Waals surface area (Å²) in [5.74, 6) is -2.21. The zero-order chi connectivity index (χ0) is 40.8. The molecule has 0 bridgehead atoms. The number of allylic oxidation sites excluding steroid dienone is 1. The van der Waals surface area contributed by atoms with E-state index in [1.807, 2.05) is 6.92 Å². The fourth-order valence-electron chi connectivity index (χ4n) is 6.65. The molecule has 0 aliphatic heterocycles. The van der Waals surface area contributed by atoms with Crippen molar-refractivity contribution in [3.63, 3.8) is 0 Å². The molecule has 0 heterocycles. The van der Waals surface area contributed by atoms with E-state index in [4.69, 9.17) is 18.9 Å². The number of ether oxygens (including phenoxy) is 4. The highest BCUT2D eigenvalue weighted by Crippen LogP contribution is 2.21. The molecule has 4 unspecified atom stereocenters. The standard InChI is InChI=1S/C46H82O9/c1-6-11-14-16-18-20-22-24-26-28-30-33-44(49)54-42(39(32-13-8-3)40(47)9-4)37-52-35-36-53-38-43(46(51)41(48)10-5)55-45(50)34-31-29-27-25-23-21-19-17-15-12-7-2/h9-10,39,42-43,46,51H,4-8,11-38H2,1-3H3. The van der Waals surface area contributed by atoms with Crippen LogP contribution in [0.25, 0.3) is 0 Å². The third kappa shape index (κ3) is 30.5. The first-order chi connectivity index (χ1) is 26.7. The molecule has 55 heavy (non-hydrogen) atoms. The summed E-state index contributed by atoms with van der Waals surface area (Å²) in [6, 6.07) is 0. The summed E-state index contributed by atoms with van der Waals surface area (Å²) in [5.41, 5.74) is 0. The van der Waals surface area contributed by atoms with Crippen LogP contribution in [-0.2, 0) is 38.1 Å². The maximum absolute atomic E-state index is 12.9. The van der Waals surface area contributed by atoms with Crippen molar-refractivity contribution in [2.24, 2.45) is 5.92 Å². The number of hydrogen-bond acceptors (Lipinski definition) is 9. The SMILES string of the molecule is C=CC(=O)C(O)C(COCCOCC(OC(=O)CCCCCCCCCCCCC)C(CCCC)C(=O)C=C)OC(=O)CCCCCCCCCCCCC. The van der Waals surface area contributed by atoms with Crippen molar-refractivity contribution in [1.29, 1.82) is 0 Å². The van der Waals surface area contributed by atoms with Crippen LogP contribution in [0.3, 0.4) is 0 Å². The first-order valence-corrected chi connectivity index (χ1v) is 22.3. The molecule has 0 aliphatic rings. The fourth-order valence-corrected chi connectivity index (χ4v) is 6.65. The molecule has 320 valence electrons. The van der Waals surface area contributed by atoms with Gasteiger partial charge in [0, 0.05) is 12.8 Å². The molecule has 0 spiro atoms. The third-order valence-corrected chi connectivity index (χ3v) is 10.2. The number of ketones is 2. The lowest BCUT2D eigenvalue weighted by Crippen LogP contribution is -2.40. The topological polar surface area (TPSA) is 125 Å². The Bertz CT molecular complexity index is 980. The largest absolute Gasteiger partial charge is 0.459 e. The number of unbranched alkanes of at least 4 members (excludes halogenated alkanes) is 21. The lowest BCUT2D eigenvalue weighted by atomic mass is 9.91. The molecular weight excluding hydrogens is 696 g/mol. The van der Waals surface area contributed by atoms with Crippen LogP contribution in [0.4, 0.5) is 0 Å². The summed E-state index contributed by atoms with van der Waals surface area (Å²) in [6.07, 6.45) is 27.4. The summed E-state index contributed by atoms with van der Waals surface area (Å²) < 4.78 is 22.8. The average molecular weight is 779 g/mol. The zero-order valence-electron chi connectivity index (χ0n) is 35.5. The highest BCUT2D eigenvalue weighted by Gasteiger charge is 2.30. The summed E-state index contributed by atoms with van der Waals surface area (Å²) in [5, 5.41) is 10.5. The van der Waals surface area contributed by atoms with Crippen LogP contribution in [0, 0.1) is 5.92 Å². The lowest BCUT2D eigenvalue weighted by Gasteiger charge is -2.25. The minimum absolute atomic E-state index is 0.0102. The van der Waals surface area contributed by atoms with Crippen molar-refractivity contribution in [3.8, 4) is 0 Å². The van der Waals surface area contributed by atoms with Crippen LogP contribution in [0.5, 0.6) is 0 Å². The number of carbonyl (C=O) groups is 4. The van der Waals surface area contributed by atoms with Crippen LogP contribution in [-0.4, -0.2) is 73.4 Å². The van der Waals surface area contributed by atoms with E-state index in [9.17, 15) is 24.3 Å². The minimum Gasteiger partial charge on any atom is -0.459 e. The minimum atomic E-state index is -1.59. The van der Waals surface area contributed by atoms with E-state index in [1.165, 1.54) is 102 Å². The Balaban J connectivity index is 4.77. The molecular formula is C46H82O9. The fraction of sp³-hybridized carbons (Fsp3) is 0.826. The van der Waals surface area contributed by atoms with Crippen molar-refractivity contribution >= 4 is 23.5 Å². The van der Waals surface area contributed by atoms with Crippen molar-refractivity contribution in [2.45, 2.75) is 212 Å². The molecule has 0 fully saturated rings. The van der Waals surface area contributed by atoms with E-state index in [0.29, 0.717) is 19.3 Å². The number of carbonyl (C=O) groups excluding carboxylic acids is 4. The zero-order valence-corrected chi connectivity index (χ0v) is 35.5. The molecule has 0 aromatic carbocycles. The van der Waals surface area contributed by atoms with Gasteiger partial charge in [0.2, 0.25) is 0 Å².